The molecule has 2 aliphatic rings. The van der Waals surface area contributed by atoms with Crippen molar-refractivity contribution in [2.45, 2.75) is 84.0 Å². The van der Waals surface area contributed by atoms with Crippen LogP contribution >= 0.6 is 0 Å². The van der Waals surface area contributed by atoms with Crippen LogP contribution in [0.3, 0.4) is 0 Å². The van der Waals surface area contributed by atoms with Gasteiger partial charge in [-0.05, 0) is 81.5 Å². The van der Waals surface area contributed by atoms with E-state index in [-0.39, 0.29) is 0 Å². The molecule has 0 unspecified atom stereocenters. The van der Waals surface area contributed by atoms with Crippen LogP contribution in [0.5, 0.6) is 0 Å². The Hall–Kier alpha value is -0.300. The molecule has 128 valence electrons. The van der Waals surface area contributed by atoms with Crippen molar-refractivity contribution in [3.8, 4) is 0 Å². The molecule has 2 fully saturated rings. The lowest BCUT2D eigenvalue weighted by atomic mass is 9.69. The van der Waals surface area contributed by atoms with Crippen molar-refractivity contribution in [1.82, 2.24) is 0 Å². The maximum absolute atomic E-state index is 5.76. The van der Waals surface area contributed by atoms with E-state index >= 15 is 0 Å². The first-order valence-corrected chi connectivity index (χ1v) is 10.0. The average Bonchev–Trinajstić information content (AvgIpc) is 2.57. The van der Waals surface area contributed by atoms with Crippen LogP contribution in [0.15, 0.2) is 12.7 Å². The highest BCUT2D eigenvalue weighted by molar-refractivity contribution is 4.82. The average molecular weight is 307 g/mol. The van der Waals surface area contributed by atoms with Crippen molar-refractivity contribution < 1.29 is 4.74 Å². The molecule has 0 N–H and O–H groups in total. The van der Waals surface area contributed by atoms with Gasteiger partial charge < -0.3 is 4.74 Å². The standard InChI is InChI=1S/C21H38O/c1-3-5-6-7-18-8-12-20(13-9-18)21-14-10-19(11-15-21)17-22-16-4-2/h3,18-21H,1,4-17H2,2H3/t18-,19?,20-,21?. The maximum Gasteiger partial charge on any atom is 0.0494 e. The highest BCUT2D eigenvalue weighted by Crippen LogP contribution is 2.42. The molecule has 0 aliphatic heterocycles. The second kappa shape index (κ2) is 10.5. The fourth-order valence-corrected chi connectivity index (χ4v) is 4.72. The van der Waals surface area contributed by atoms with E-state index in [4.69, 9.17) is 4.74 Å². The molecular formula is C21H38O. The Morgan fingerprint density at radius 3 is 2.05 bits per heavy atom. The summed E-state index contributed by atoms with van der Waals surface area (Å²) in [5, 5.41) is 0. The van der Waals surface area contributed by atoms with E-state index in [0.29, 0.717) is 0 Å². The van der Waals surface area contributed by atoms with E-state index in [0.717, 1.165) is 43.3 Å². The summed E-state index contributed by atoms with van der Waals surface area (Å²) in [6, 6.07) is 0. The first kappa shape index (κ1) is 18.0. The van der Waals surface area contributed by atoms with Gasteiger partial charge in [0.1, 0.15) is 0 Å². The molecule has 0 heterocycles. The van der Waals surface area contributed by atoms with Crippen LogP contribution in [0.25, 0.3) is 0 Å². The zero-order valence-corrected chi connectivity index (χ0v) is 14.9. The monoisotopic (exact) mass is 306 g/mol. The highest BCUT2D eigenvalue weighted by Gasteiger charge is 2.30. The summed E-state index contributed by atoms with van der Waals surface area (Å²) in [6.45, 7) is 8.01. The van der Waals surface area contributed by atoms with Crippen molar-refractivity contribution in [3.05, 3.63) is 12.7 Å². The van der Waals surface area contributed by atoms with Crippen LogP contribution in [-0.4, -0.2) is 13.2 Å². The van der Waals surface area contributed by atoms with Crippen molar-refractivity contribution in [2.75, 3.05) is 13.2 Å². The van der Waals surface area contributed by atoms with Crippen LogP contribution < -0.4 is 0 Å². The second-order valence-electron chi connectivity index (χ2n) is 7.86. The van der Waals surface area contributed by atoms with E-state index in [9.17, 15) is 0 Å². The van der Waals surface area contributed by atoms with Gasteiger partial charge in [0.15, 0.2) is 0 Å². The Kier molecular flexibility index (Phi) is 8.59. The Bertz CT molecular complexity index is 282. The van der Waals surface area contributed by atoms with E-state index in [2.05, 4.69) is 19.6 Å². The first-order chi connectivity index (χ1) is 10.8. The lowest BCUT2D eigenvalue weighted by molar-refractivity contribution is 0.0648. The van der Waals surface area contributed by atoms with Gasteiger partial charge in [-0.25, -0.2) is 0 Å². The number of rotatable bonds is 9. The van der Waals surface area contributed by atoms with Crippen molar-refractivity contribution in [1.29, 1.82) is 0 Å². The van der Waals surface area contributed by atoms with Gasteiger partial charge in [-0.15, -0.1) is 6.58 Å². The fraction of sp³-hybridized carbons (Fsp3) is 0.905. The third-order valence-corrected chi connectivity index (χ3v) is 6.17. The predicted octanol–water partition coefficient (Wildman–Crippen LogP) is 6.38. The molecule has 0 amide bonds. The number of hydrogen-bond donors (Lipinski definition) is 0. The quantitative estimate of drug-likeness (QED) is 0.354. The van der Waals surface area contributed by atoms with Gasteiger partial charge in [0, 0.05) is 13.2 Å². The van der Waals surface area contributed by atoms with Gasteiger partial charge in [-0.3, -0.25) is 0 Å². The fourth-order valence-electron chi connectivity index (χ4n) is 4.72. The number of allylic oxidation sites excluding steroid dienone is 1. The first-order valence-electron chi connectivity index (χ1n) is 10.0. The molecule has 2 saturated carbocycles. The molecule has 0 saturated heterocycles. The third-order valence-electron chi connectivity index (χ3n) is 6.17. The molecular weight excluding hydrogens is 268 g/mol. The molecule has 0 aromatic carbocycles. The lowest BCUT2D eigenvalue weighted by Crippen LogP contribution is -2.27. The summed E-state index contributed by atoms with van der Waals surface area (Å²) in [5.41, 5.74) is 0. The molecule has 2 aliphatic carbocycles. The Morgan fingerprint density at radius 1 is 0.909 bits per heavy atom. The van der Waals surface area contributed by atoms with Crippen molar-refractivity contribution in [2.24, 2.45) is 23.7 Å². The normalized spacial score (nSPS) is 32.8. The topological polar surface area (TPSA) is 9.23 Å². The highest BCUT2D eigenvalue weighted by atomic mass is 16.5. The van der Waals surface area contributed by atoms with E-state index in [1.165, 1.54) is 70.6 Å². The molecule has 1 heteroatoms. The summed E-state index contributed by atoms with van der Waals surface area (Å²) < 4.78 is 5.76. The lowest BCUT2D eigenvalue weighted by Gasteiger charge is -2.38. The molecule has 0 bridgehead atoms. The molecule has 0 spiro atoms. The van der Waals surface area contributed by atoms with Crippen LogP contribution in [0.4, 0.5) is 0 Å². The van der Waals surface area contributed by atoms with Gasteiger partial charge in [0.25, 0.3) is 0 Å². The Morgan fingerprint density at radius 2 is 1.50 bits per heavy atom. The number of ether oxygens (including phenoxy) is 1. The molecule has 2 rings (SSSR count). The van der Waals surface area contributed by atoms with Crippen molar-refractivity contribution in [3.63, 3.8) is 0 Å². The minimum atomic E-state index is 0.859. The maximum atomic E-state index is 5.76. The SMILES string of the molecule is C=CCCC[C@H]1CC[C@H](C2CCC(COCCC)CC2)CC1. The summed E-state index contributed by atoms with van der Waals surface area (Å²) in [4.78, 5) is 0. The van der Waals surface area contributed by atoms with Gasteiger partial charge in [-0.1, -0.05) is 32.3 Å². The van der Waals surface area contributed by atoms with Gasteiger partial charge in [0.2, 0.25) is 0 Å². The van der Waals surface area contributed by atoms with Gasteiger partial charge >= 0.3 is 0 Å². The number of hydrogen-bond acceptors (Lipinski definition) is 1. The summed E-state index contributed by atoms with van der Waals surface area (Å²) in [6.07, 6.45) is 19.1. The molecule has 1 nitrogen and oxygen atoms in total. The molecule has 0 aromatic heterocycles. The summed E-state index contributed by atoms with van der Waals surface area (Å²) in [7, 11) is 0. The van der Waals surface area contributed by atoms with Crippen LogP contribution in [0.2, 0.25) is 0 Å². The third kappa shape index (κ3) is 6.07. The molecule has 0 aromatic rings. The molecule has 22 heavy (non-hydrogen) atoms. The number of unbranched alkanes of at least 4 members (excludes halogenated alkanes) is 1. The van der Waals surface area contributed by atoms with E-state index < -0.39 is 0 Å². The minimum Gasteiger partial charge on any atom is -0.381 e. The summed E-state index contributed by atoms with van der Waals surface area (Å²) >= 11 is 0. The Balaban J connectivity index is 1.59. The Labute approximate surface area is 138 Å². The van der Waals surface area contributed by atoms with E-state index in [1.54, 1.807) is 0 Å². The predicted molar refractivity (Wildman–Crippen MR) is 96.1 cm³/mol. The molecule has 0 atom stereocenters. The smallest absolute Gasteiger partial charge is 0.0494 e. The van der Waals surface area contributed by atoms with Crippen molar-refractivity contribution >= 4 is 0 Å². The largest absolute Gasteiger partial charge is 0.381 e. The van der Waals surface area contributed by atoms with Crippen LogP contribution in [0, 0.1) is 23.7 Å². The van der Waals surface area contributed by atoms with Gasteiger partial charge in [-0.2, -0.15) is 0 Å². The van der Waals surface area contributed by atoms with E-state index in [1.807, 2.05) is 0 Å². The zero-order valence-electron chi connectivity index (χ0n) is 14.9. The minimum absolute atomic E-state index is 0.859. The summed E-state index contributed by atoms with van der Waals surface area (Å²) in [5.74, 6) is 3.97. The van der Waals surface area contributed by atoms with Gasteiger partial charge in [0.05, 0.1) is 0 Å². The molecule has 0 radical (unpaired) electrons. The second-order valence-corrected chi connectivity index (χ2v) is 7.86. The van der Waals surface area contributed by atoms with Crippen LogP contribution in [-0.2, 0) is 4.74 Å². The van der Waals surface area contributed by atoms with Crippen LogP contribution in [0.1, 0.15) is 84.0 Å². The zero-order chi connectivity index (χ0) is 15.6.